The van der Waals surface area contributed by atoms with Crippen LogP contribution in [0, 0.1) is 0 Å². The van der Waals surface area contributed by atoms with Gasteiger partial charge in [-0.25, -0.2) is 9.97 Å². The van der Waals surface area contributed by atoms with E-state index in [1.165, 1.54) is 6.33 Å². The van der Waals surface area contributed by atoms with Crippen LogP contribution in [-0.2, 0) is 4.79 Å². The average Bonchev–Trinajstić information content (AvgIpc) is 2.37. The summed E-state index contributed by atoms with van der Waals surface area (Å²) in [6, 6.07) is 0.137. The number of aromatic nitrogens is 2. The molecule has 0 aliphatic heterocycles. The summed E-state index contributed by atoms with van der Waals surface area (Å²) in [5, 5.41) is 6.15. The Balaban J connectivity index is 3.00. The van der Waals surface area contributed by atoms with Crippen molar-refractivity contribution in [3.05, 3.63) is 11.9 Å². The van der Waals surface area contributed by atoms with Gasteiger partial charge in [-0.1, -0.05) is 13.8 Å². The molecule has 0 aliphatic carbocycles. The van der Waals surface area contributed by atoms with Gasteiger partial charge in [0.1, 0.15) is 18.0 Å². The van der Waals surface area contributed by atoms with E-state index in [1.54, 1.807) is 0 Å². The number of nitrogens with zero attached hydrogens (tertiary/aromatic N) is 3. The molecule has 0 saturated heterocycles. The Morgan fingerprint density at radius 2 is 1.95 bits per heavy atom. The van der Waals surface area contributed by atoms with Crippen LogP contribution in [0.2, 0.25) is 0 Å². The van der Waals surface area contributed by atoms with E-state index in [0.29, 0.717) is 0 Å². The zero-order valence-corrected chi connectivity index (χ0v) is 13.9. The van der Waals surface area contributed by atoms with Crippen molar-refractivity contribution in [2.45, 2.75) is 46.6 Å². The van der Waals surface area contributed by atoms with E-state index in [4.69, 9.17) is 0 Å². The van der Waals surface area contributed by atoms with Gasteiger partial charge in [-0.3, -0.25) is 4.79 Å². The molecule has 0 radical (unpaired) electrons. The molecule has 2 N–H and O–H groups in total. The molecule has 0 aliphatic rings. The molecule has 1 aromatic rings. The summed E-state index contributed by atoms with van der Waals surface area (Å²) < 4.78 is 0. The lowest BCUT2D eigenvalue weighted by molar-refractivity contribution is -0.120. The van der Waals surface area contributed by atoms with Crippen molar-refractivity contribution in [2.24, 2.45) is 0 Å². The number of hydrogen-bond donors (Lipinski definition) is 2. The zero-order chi connectivity index (χ0) is 16.0. The molecule has 1 aromatic heterocycles. The van der Waals surface area contributed by atoms with Crippen LogP contribution in [0.5, 0.6) is 0 Å². The van der Waals surface area contributed by atoms with Crippen LogP contribution in [0.4, 0.5) is 11.6 Å². The summed E-state index contributed by atoms with van der Waals surface area (Å²) in [4.78, 5) is 22.5. The molecular weight excluding hydrogens is 266 g/mol. The molecule has 0 fully saturated rings. The largest absolute Gasteiger partial charge is 0.370 e. The normalized spacial score (nSPS) is 10.9. The van der Waals surface area contributed by atoms with E-state index >= 15 is 0 Å². The predicted molar refractivity (Wildman–Crippen MR) is 86.8 cm³/mol. The van der Waals surface area contributed by atoms with Crippen molar-refractivity contribution in [3.8, 4) is 0 Å². The first kappa shape index (κ1) is 17.2. The summed E-state index contributed by atoms with van der Waals surface area (Å²) in [6.07, 6.45) is 1.54. The van der Waals surface area contributed by atoms with Gasteiger partial charge in [-0.05, 0) is 26.7 Å². The second-order valence-electron chi connectivity index (χ2n) is 5.72. The second kappa shape index (κ2) is 7.81. The van der Waals surface area contributed by atoms with E-state index in [1.807, 2.05) is 32.7 Å². The maximum atomic E-state index is 11.9. The first-order valence-electron chi connectivity index (χ1n) is 7.46. The zero-order valence-electron chi connectivity index (χ0n) is 13.9. The Labute approximate surface area is 127 Å². The molecule has 1 amide bonds. The van der Waals surface area contributed by atoms with Gasteiger partial charge in [0.2, 0.25) is 5.91 Å². The Morgan fingerprint density at radius 3 is 2.48 bits per heavy atom. The third-order valence-corrected chi connectivity index (χ3v) is 2.98. The smallest absolute Gasteiger partial charge is 0.239 e. The maximum Gasteiger partial charge on any atom is 0.239 e. The highest BCUT2D eigenvalue weighted by atomic mass is 16.2. The van der Waals surface area contributed by atoms with Crippen molar-refractivity contribution < 1.29 is 4.79 Å². The van der Waals surface area contributed by atoms with Crippen LogP contribution >= 0.6 is 0 Å². The van der Waals surface area contributed by atoms with Crippen LogP contribution < -0.4 is 15.5 Å². The van der Waals surface area contributed by atoms with E-state index in [9.17, 15) is 4.79 Å². The van der Waals surface area contributed by atoms with Crippen LogP contribution in [0.1, 0.15) is 46.1 Å². The summed E-state index contributed by atoms with van der Waals surface area (Å²) in [6.45, 7) is 11.2. The molecule has 0 aromatic carbocycles. The maximum absolute atomic E-state index is 11.9. The Kier molecular flexibility index (Phi) is 6.39. The van der Waals surface area contributed by atoms with Crippen LogP contribution in [0.25, 0.3) is 0 Å². The SMILES string of the molecule is CCNc1ncnc(N(C)CC(=O)NC(C)C)c1C(C)C. The average molecular weight is 293 g/mol. The Bertz CT molecular complexity index is 473. The fourth-order valence-electron chi connectivity index (χ4n) is 2.19. The monoisotopic (exact) mass is 293 g/mol. The number of anilines is 2. The Morgan fingerprint density at radius 1 is 1.29 bits per heavy atom. The number of amides is 1. The number of rotatable bonds is 7. The Hall–Kier alpha value is -1.85. The van der Waals surface area contributed by atoms with E-state index < -0.39 is 0 Å². The highest BCUT2D eigenvalue weighted by molar-refractivity contribution is 5.81. The van der Waals surface area contributed by atoms with Gasteiger partial charge in [0.15, 0.2) is 0 Å². The van der Waals surface area contributed by atoms with Gasteiger partial charge in [0, 0.05) is 25.2 Å². The molecule has 118 valence electrons. The quantitative estimate of drug-likeness (QED) is 0.804. The van der Waals surface area contributed by atoms with Crippen molar-refractivity contribution in [2.75, 3.05) is 30.4 Å². The van der Waals surface area contributed by atoms with Crippen molar-refractivity contribution >= 4 is 17.5 Å². The lowest BCUT2D eigenvalue weighted by Gasteiger charge is -2.24. The van der Waals surface area contributed by atoms with Gasteiger partial charge >= 0.3 is 0 Å². The molecule has 0 saturated carbocycles. The molecule has 1 heterocycles. The lowest BCUT2D eigenvalue weighted by Crippen LogP contribution is -2.39. The van der Waals surface area contributed by atoms with E-state index in [0.717, 1.165) is 23.7 Å². The molecule has 0 spiro atoms. The molecule has 0 unspecified atom stereocenters. The van der Waals surface area contributed by atoms with E-state index in [-0.39, 0.29) is 24.4 Å². The van der Waals surface area contributed by atoms with Gasteiger partial charge in [0.25, 0.3) is 0 Å². The minimum absolute atomic E-state index is 0.00850. The van der Waals surface area contributed by atoms with E-state index in [2.05, 4.69) is 34.4 Å². The summed E-state index contributed by atoms with van der Waals surface area (Å²) in [7, 11) is 1.88. The van der Waals surface area contributed by atoms with Gasteiger partial charge in [-0.15, -0.1) is 0 Å². The number of nitrogens with one attached hydrogen (secondary N) is 2. The molecule has 1 rings (SSSR count). The van der Waals surface area contributed by atoms with Crippen molar-refractivity contribution in [1.82, 2.24) is 15.3 Å². The molecule has 0 atom stereocenters. The number of carbonyl (C=O) groups is 1. The summed E-state index contributed by atoms with van der Waals surface area (Å²) in [5.41, 5.74) is 1.04. The topological polar surface area (TPSA) is 70.2 Å². The molecular formula is C15H27N5O. The second-order valence-corrected chi connectivity index (χ2v) is 5.72. The van der Waals surface area contributed by atoms with Gasteiger partial charge in [-0.2, -0.15) is 0 Å². The molecule has 0 bridgehead atoms. The number of carbonyl (C=O) groups excluding carboxylic acids is 1. The fourth-order valence-corrected chi connectivity index (χ4v) is 2.19. The van der Waals surface area contributed by atoms with Crippen LogP contribution in [0.3, 0.4) is 0 Å². The third kappa shape index (κ3) is 4.88. The van der Waals surface area contributed by atoms with Crippen LogP contribution in [-0.4, -0.2) is 42.1 Å². The fraction of sp³-hybridized carbons (Fsp3) is 0.667. The van der Waals surface area contributed by atoms with Crippen molar-refractivity contribution in [3.63, 3.8) is 0 Å². The van der Waals surface area contributed by atoms with Crippen LogP contribution in [0.15, 0.2) is 6.33 Å². The van der Waals surface area contributed by atoms with Gasteiger partial charge < -0.3 is 15.5 Å². The highest BCUT2D eigenvalue weighted by Gasteiger charge is 2.19. The predicted octanol–water partition coefficient (Wildman–Crippen LogP) is 1.99. The minimum Gasteiger partial charge on any atom is -0.370 e. The summed E-state index contributed by atoms with van der Waals surface area (Å²) in [5.74, 6) is 1.90. The number of hydrogen-bond acceptors (Lipinski definition) is 5. The highest BCUT2D eigenvalue weighted by Crippen LogP contribution is 2.30. The van der Waals surface area contributed by atoms with Crippen molar-refractivity contribution in [1.29, 1.82) is 0 Å². The third-order valence-electron chi connectivity index (χ3n) is 2.98. The lowest BCUT2D eigenvalue weighted by atomic mass is 10.0. The molecule has 21 heavy (non-hydrogen) atoms. The minimum atomic E-state index is -0.00850. The molecule has 6 heteroatoms. The first-order valence-corrected chi connectivity index (χ1v) is 7.46. The van der Waals surface area contributed by atoms with Gasteiger partial charge in [0.05, 0.1) is 6.54 Å². The first-order chi connectivity index (χ1) is 9.86. The number of likely N-dealkylation sites (N-methyl/N-ethyl adjacent to an activating group) is 1. The summed E-state index contributed by atoms with van der Waals surface area (Å²) >= 11 is 0. The molecule has 6 nitrogen and oxygen atoms in total. The standard InChI is InChI=1S/C15H27N5O/c1-7-16-14-13(10(2)3)15(18-9-17-14)20(6)8-12(21)19-11(4)5/h9-11H,7-8H2,1-6H3,(H,19,21)(H,16,17,18).